The minimum atomic E-state index is 0.700. The molecule has 0 saturated carbocycles. The van der Waals surface area contributed by atoms with Crippen molar-refractivity contribution in [2.45, 2.75) is 39.5 Å². The maximum atomic E-state index is 7.07. The van der Waals surface area contributed by atoms with Crippen molar-refractivity contribution in [2.75, 3.05) is 0 Å². The Kier molecular flexibility index (Phi) is 4.94. The molecule has 0 heteroatoms. The number of hydrogen-bond donors (Lipinski definition) is 0. The van der Waals surface area contributed by atoms with E-state index < -0.39 is 0 Å². The lowest BCUT2D eigenvalue weighted by atomic mass is 10.2. The fraction of sp³-hybridized carbons (Fsp3) is 0.750. The van der Waals surface area contributed by atoms with Gasteiger partial charge >= 0.3 is 0 Å². The summed E-state index contributed by atoms with van der Waals surface area (Å²) in [5.74, 6) is 0. The van der Waals surface area contributed by atoms with Crippen molar-refractivity contribution < 1.29 is 1.37 Å². The predicted octanol–water partition coefficient (Wildman–Crippen LogP) is 3.14. The largest absolute Gasteiger partial charge is 0.0917 e. The van der Waals surface area contributed by atoms with Crippen LogP contribution in [0.25, 0.3) is 0 Å². The Morgan fingerprint density at radius 1 is 1.50 bits per heavy atom. The van der Waals surface area contributed by atoms with E-state index >= 15 is 0 Å². The number of rotatable bonds is 4. The molecule has 0 atom stereocenters. The normalized spacial score (nSPS) is 13.8. The number of hydrogen-bond acceptors (Lipinski definition) is 0. The fourth-order valence-electron chi connectivity index (χ4n) is 0.641. The molecule has 0 aliphatic heterocycles. The second kappa shape index (κ2) is 6.74. The highest BCUT2D eigenvalue weighted by Gasteiger charge is 1.78. The van der Waals surface area contributed by atoms with Gasteiger partial charge in [0.1, 0.15) is 0 Å². The Balaban J connectivity index is 3.00. The maximum Gasteiger partial charge on any atom is 0.0569 e. The lowest BCUT2D eigenvalue weighted by molar-refractivity contribution is 0.729. The van der Waals surface area contributed by atoms with Gasteiger partial charge in [-0.05, 0) is 19.8 Å². The molecule has 0 spiro atoms. The third-order valence-corrected chi connectivity index (χ3v) is 1.16. The molecule has 0 aliphatic carbocycles. The average molecular weight is 113 g/mol. The molecular weight excluding hydrogens is 96.1 g/mol. The Hall–Kier alpha value is -0.260. The molecular formula is C8H16. The summed E-state index contributed by atoms with van der Waals surface area (Å²) in [7, 11) is 0. The molecule has 0 N–H and O–H groups in total. The zero-order valence-corrected chi connectivity index (χ0v) is 5.91. The SMILES string of the molecule is [2H]/C(C)=C\CCCCC. The molecule has 8 heavy (non-hydrogen) atoms. The van der Waals surface area contributed by atoms with Crippen LogP contribution in [0.15, 0.2) is 12.1 Å². The molecule has 0 heterocycles. The first kappa shape index (κ1) is 5.87. The van der Waals surface area contributed by atoms with Crippen molar-refractivity contribution in [3.63, 3.8) is 0 Å². The van der Waals surface area contributed by atoms with E-state index in [1.54, 1.807) is 0 Å². The first-order valence-electron chi connectivity index (χ1n) is 3.90. The summed E-state index contributed by atoms with van der Waals surface area (Å²) in [5, 5.41) is 0. The highest BCUT2D eigenvalue weighted by Crippen LogP contribution is 1.98. The Morgan fingerprint density at radius 2 is 2.25 bits per heavy atom. The molecule has 0 amide bonds. The smallest absolute Gasteiger partial charge is 0.0569 e. The van der Waals surface area contributed by atoms with Crippen LogP contribution < -0.4 is 0 Å². The monoisotopic (exact) mass is 113 g/mol. The van der Waals surface area contributed by atoms with Gasteiger partial charge in [-0.2, -0.15) is 0 Å². The summed E-state index contributed by atoms with van der Waals surface area (Å²) in [6.45, 7) is 4.02. The van der Waals surface area contributed by atoms with Gasteiger partial charge in [-0.1, -0.05) is 31.9 Å². The Bertz CT molecular complexity index is 80.6. The van der Waals surface area contributed by atoms with Crippen LogP contribution in [0.2, 0.25) is 0 Å². The van der Waals surface area contributed by atoms with Crippen LogP contribution in [0.4, 0.5) is 0 Å². The van der Waals surface area contributed by atoms with Crippen molar-refractivity contribution in [3.05, 3.63) is 12.1 Å². The van der Waals surface area contributed by atoms with Crippen LogP contribution in [0.1, 0.15) is 40.9 Å². The second-order valence-electron chi connectivity index (χ2n) is 1.99. The van der Waals surface area contributed by atoms with Crippen molar-refractivity contribution in [3.8, 4) is 0 Å². The Labute approximate surface area is 54.0 Å². The molecule has 0 aliphatic rings. The third kappa shape index (κ3) is 5.74. The van der Waals surface area contributed by atoms with Crippen molar-refractivity contribution >= 4 is 0 Å². The van der Waals surface area contributed by atoms with E-state index in [4.69, 9.17) is 1.37 Å². The van der Waals surface area contributed by atoms with E-state index in [1.165, 1.54) is 19.3 Å². The van der Waals surface area contributed by atoms with Crippen molar-refractivity contribution in [1.29, 1.82) is 0 Å². The van der Waals surface area contributed by atoms with Crippen molar-refractivity contribution in [2.24, 2.45) is 0 Å². The number of allylic oxidation sites excluding steroid dienone is 2. The summed E-state index contributed by atoms with van der Waals surface area (Å²) >= 11 is 0. The minimum absolute atomic E-state index is 0.700. The van der Waals surface area contributed by atoms with E-state index in [0.717, 1.165) is 6.42 Å². The van der Waals surface area contributed by atoms with Gasteiger partial charge in [-0.25, -0.2) is 0 Å². The number of unbranched alkanes of at least 4 members (excludes halogenated alkanes) is 3. The summed E-state index contributed by atoms with van der Waals surface area (Å²) in [4.78, 5) is 0. The summed E-state index contributed by atoms with van der Waals surface area (Å²) in [5.41, 5.74) is 0. The fourth-order valence-corrected chi connectivity index (χ4v) is 0.641. The summed E-state index contributed by atoms with van der Waals surface area (Å²) in [6.07, 6.45) is 6.88. The van der Waals surface area contributed by atoms with Crippen LogP contribution in [-0.2, 0) is 0 Å². The van der Waals surface area contributed by atoms with E-state index in [9.17, 15) is 0 Å². The van der Waals surface area contributed by atoms with Crippen LogP contribution >= 0.6 is 0 Å². The predicted molar refractivity (Wildman–Crippen MR) is 39.0 cm³/mol. The molecule has 48 valence electrons. The molecule has 0 saturated heterocycles. The van der Waals surface area contributed by atoms with Crippen LogP contribution in [-0.4, -0.2) is 0 Å². The van der Waals surface area contributed by atoms with Gasteiger partial charge < -0.3 is 0 Å². The quantitative estimate of drug-likeness (QED) is 0.388. The molecule has 0 bridgehead atoms. The molecule has 0 aromatic carbocycles. The minimum Gasteiger partial charge on any atom is -0.0917 e. The maximum absolute atomic E-state index is 7.07. The van der Waals surface area contributed by atoms with Crippen molar-refractivity contribution in [1.82, 2.24) is 0 Å². The summed E-state index contributed by atoms with van der Waals surface area (Å²) in [6, 6.07) is 0.700. The molecule has 0 rings (SSSR count). The van der Waals surface area contributed by atoms with Crippen LogP contribution in [0.3, 0.4) is 0 Å². The lowest BCUT2D eigenvalue weighted by Crippen LogP contribution is -1.68. The van der Waals surface area contributed by atoms with E-state index in [2.05, 4.69) is 6.92 Å². The third-order valence-electron chi connectivity index (χ3n) is 1.16. The Morgan fingerprint density at radius 3 is 2.75 bits per heavy atom. The van der Waals surface area contributed by atoms with Gasteiger partial charge in [-0.15, -0.1) is 0 Å². The molecule has 0 aromatic rings. The standard InChI is InChI=1S/C8H16/c1-3-5-7-8-6-4-2/h3,5H,4,6-8H2,1-2H3/b5-3+/i3D. The zero-order chi connectivity index (χ0) is 7.11. The van der Waals surface area contributed by atoms with Crippen LogP contribution in [0, 0.1) is 0 Å². The molecule has 0 radical (unpaired) electrons. The van der Waals surface area contributed by atoms with E-state index in [1.807, 2.05) is 13.0 Å². The van der Waals surface area contributed by atoms with Gasteiger partial charge in [0.05, 0.1) is 1.37 Å². The van der Waals surface area contributed by atoms with Crippen LogP contribution in [0.5, 0.6) is 0 Å². The summed E-state index contributed by atoms with van der Waals surface area (Å²) < 4.78 is 7.07. The highest BCUT2D eigenvalue weighted by molar-refractivity contribution is 4.75. The molecule has 0 nitrogen and oxygen atoms in total. The topological polar surface area (TPSA) is 0 Å². The van der Waals surface area contributed by atoms with Gasteiger partial charge in [0.15, 0.2) is 0 Å². The van der Waals surface area contributed by atoms with Gasteiger partial charge in [0.25, 0.3) is 0 Å². The molecule has 0 aromatic heterocycles. The first-order valence-corrected chi connectivity index (χ1v) is 3.40. The highest BCUT2D eigenvalue weighted by atomic mass is 13.8. The zero-order valence-electron chi connectivity index (χ0n) is 6.91. The van der Waals surface area contributed by atoms with Gasteiger partial charge in [0.2, 0.25) is 0 Å². The van der Waals surface area contributed by atoms with Gasteiger partial charge in [-0.3, -0.25) is 0 Å². The first-order chi connectivity index (χ1) is 4.27. The molecule has 0 fully saturated rings. The van der Waals surface area contributed by atoms with Gasteiger partial charge in [0, 0.05) is 0 Å². The second-order valence-corrected chi connectivity index (χ2v) is 1.99. The van der Waals surface area contributed by atoms with E-state index in [0.29, 0.717) is 6.05 Å². The average Bonchev–Trinajstić information content (AvgIpc) is 1.80. The molecule has 0 unspecified atom stereocenters. The lowest BCUT2D eigenvalue weighted by Gasteiger charge is -1.88. The van der Waals surface area contributed by atoms with E-state index in [-0.39, 0.29) is 0 Å².